The van der Waals surface area contributed by atoms with Gasteiger partial charge in [-0.1, -0.05) is 6.92 Å². The zero-order valence-electron chi connectivity index (χ0n) is 18.0. The highest BCUT2D eigenvalue weighted by molar-refractivity contribution is 14.0. The molecule has 0 spiro atoms. The molecule has 2 aliphatic heterocycles. The van der Waals surface area contributed by atoms with Crippen molar-refractivity contribution in [2.75, 3.05) is 65.5 Å². The summed E-state index contributed by atoms with van der Waals surface area (Å²) in [7, 11) is 0. The molecule has 0 aromatic heterocycles. The Kier molecular flexibility index (Phi) is 12.9. The van der Waals surface area contributed by atoms with E-state index in [1.807, 2.05) is 6.92 Å². The molecule has 0 aliphatic carbocycles. The van der Waals surface area contributed by atoms with E-state index in [9.17, 15) is 4.79 Å². The minimum Gasteiger partial charge on any atom is -0.450 e. The number of nitrogens with zero attached hydrogens (tertiary/aromatic N) is 4. The number of hydrogen-bond acceptors (Lipinski definition) is 4. The fraction of sp³-hybridized carbons (Fsp3) is 0.900. The van der Waals surface area contributed by atoms with E-state index < -0.39 is 0 Å². The van der Waals surface area contributed by atoms with Crippen LogP contribution in [0, 0.1) is 5.92 Å². The molecule has 2 saturated heterocycles. The Balaban J connectivity index is 0.00000392. The highest BCUT2D eigenvalue weighted by atomic mass is 127. The van der Waals surface area contributed by atoms with Gasteiger partial charge in [0.05, 0.1) is 6.61 Å². The van der Waals surface area contributed by atoms with E-state index in [2.05, 4.69) is 29.0 Å². The summed E-state index contributed by atoms with van der Waals surface area (Å²) in [6.07, 6.45) is 4.87. The Bertz CT molecular complexity index is 470. The zero-order valence-corrected chi connectivity index (χ0v) is 20.3. The van der Waals surface area contributed by atoms with Gasteiger partial charge in [0.2, 0.25) is 0 Å². The number of carbonyl (C=O) groups is 1. The molecule has 7 nitrogen and oxygen atoms in total. The Morgan fingerprint density at radius 2 is 1.82 bits per heavy atom. The molecule has 0 radical (unpaired) electrons. The number of ether oxygens (including phenoxy) is 1. The molecule has 2 aliphatic rings. The van der Waals surface area contributed by atoms with Gasteiger partial charge in [-0.05, 0) is 58.5 Å². The topological polar surface area (TPSA) is 60.4 Å². The summed E-state index contributed by atoms with van der Waals surface area (Å²) in [5.74, 6) is 1.83. The van der Waals surface area contributed by atoms with E-state index in [-0.39, 0.29) is 30.1 Å². The second kappa shape index (κ2) is 14.3. The van der Waals surface area contributed by atoms with Crippen LogP contribution < -0.4 is 5.32 Å². The number of piperidine rings is 1. The normalized spacial score (nSPS) is 21.2. The molecule has 1 N–H and O–H groups in total. The molecule has 0 aromatic carbocycles. The lowest BCUT2D eigenvalue weighted by atomic mass is 10.0. The number of aliphatic imine (C=N–C) groups is 1. The van der Waals surface area contributed by atoms with Crippen LogP contribution in [0.3, 0.4) is 0 Å². The maximum absolute atomic E-state index is 11.8. The molecule has 1 unspecified atom stereocenters. The average Bonchev–Trinajstić information content (AvgIpc) is 2.67. The van der Waals surface area contributed by atoms with Crippen molar-refractivity contribution in [3.05, 3.63) is 0 Å². The molecule has 0 bridgehead atoms. The fourth-order valence-corrected chi connectivity index (χ4v) is 3.86. The number of unbranched alkanes of at least 4 members (excludes halogenated alkanes) is 1. The Morgan fingerprint density at radius 1 is 1.11 bits per heavy atom. The third kappa shape index (κ3) is 8.71. The number of rotatable bonds is 7. The molecule has 2 rings (SSSR count). The van der Waals surface area contributed by atoms with Crippen molar-refractivity contribution < 1.29 is 9.53 Å². The van der Waals surface area contributed by atoms with Crippen molar-refractivity contribution in [3.63, 3.8) is 0 Å². The lowest BCUT2D eigenvalue weighted by Gasteiger charge is -2.36. The number of piperazine rings is 1. The van der Waals surface area contributed by atoms with Gasteiger partial charge in [0, 0.05) is 45.8 Å². The molecular weight excluding hydrogens is 469 g/mol. The number of nitrogens with one attached hydrogen (secondary N) is 1. The predicted molar refractivity (Wildman–Crippen MR) is 126 cm³/mol. The van der Waals surface area contributed by atoms with Crippen molar-refractivity contribution in [2.24, 2.45) is 10.9 Å². The second-order valence-corrected chi connectivity index (χ2v) is 7.66. The molecule has 8 heteroatoms. The quantitative estimate of drug-likeness (QED) is 0.248. The standard InChI is InChI=1S/C20H39N5O2.HI/c1-4-21-19(24-13-15-25(16-14-24)20(26)27-5-2)22-10-6-7-11-23-12-8-9-18(3)17-23;/h18H,4-17H2,1-3H3,(H,21,22);1H. The summed E-state index contributed by atoms with van der Waals surface area (Å²) in [4.78, 5) is 23.3. The van der Waals surface area contributed by atoms with Crippen LogP contribution >= 0.6 is 24.0 Å². The predicted octanol–water partition coefficient (Wildman–Crippen LogP) is 2.86. The number of hydrogen-bond donors (Lipinski definition) is 1. The van der Waals surface area contributed by atoms with E-state index in [1.54, 1.807) is 4.90 Å². The minimum atomic E-state index is -0.203. The maximum atomic E-state index is 11.8. The molecule has 0 saturated carbocycles. The molecule has 28 heavy (non-hydrogen) atoms. The van der Waals surface area contributed by atoms with Gasteiger partial charge in [-0.25, -0.2) is 4.79 Å². The number of halogens is 1. The molecule has 164 valence electrons. The van der Waals surface area contributed by atoms with Gasteiger partial charge in [0.15, 0.2) is 5.96 Å². The SMILES string of the molecule is CCNC(=NCCCCN1CCCC(C)C1)N1CCN(C(=O)OCC)CC1.I. The summed E-state index contributed by atoms with van der Waals surface area (Å²) in [5.41, 5.74) is 0. The van der Waals surface area contributed by atoms with Gasteiger partial charge < -0.3 is 24.8 Å². The molecule has 2 heterocycles. The van der Waals surface area contributed by atoms with Gasteiger partial charge in [-0.2, -0.15) is 0 Å². The van der Waals surface area contributed by atoms with Crippen molar-refractivity contribution in [2.45, 2.75) is 46.5 Å². The largest absolute Gasteiger partial charge is 0.450 e. The molecule has 0 aromatic rings. The number of carbonyl (C=O) groups excluding carboxylic acids is 1. The van der Waals surface area contributed by atoms with Crippen LogP contribution in [0.1, 0.15) is 46.5 Å². The van der Waals surface area contributed by atoms with Crippen LogP contribution in [0.4, 0.5) is 4.79 Å². The van der Waals surface area contributed by atoms with Gasteiger partial charge in [-0.15, -0.1) is 24.0 Å². The van der Waals surface area contributed by atoms with Crippen LogP contribution in [0.5, 0.6) is 0 Å². The van der Waals surface area contributed by atoms with Crippen LogP contribution in [-0.4, -0.2) is 92.3 Å². The summed E-state index contributed by atoms with van der Waals surface area (Å²) >= 11 is 0. The molecule has 1 atom stereocenters. The Labute approximate surface area is 188 Å². The van der Waals surface area contributed by atoms with E-state index >= 15 is 0 Å². The van der Waals surface area contributed by atoms with Gasteiger partial charge >= 0.3 is 6.09 Å². The third-order valence-corrected chi connectivity index (χ3v) is 5.33. The Morgan fingerprint density at radius 3 is 2.46 bits per heavy atom. The van der Waals surface area contributed by atoms with Crippen LogP contribution in [0.25, 0.3) is 0 Å². The average molecular weight is 509 g/mol. The lowest BCUT2D eigenvalue weighted by molar-refractivity contribution is 0.0914. The lowest BCUT2D eigenvalue weighted by Crippen LogP contribution is -2.53. The molecule has 1 amide bonds. The second-order valence-electron chi connectivity index (χ2n) is 7.66. The zero-order chi connectivity index (χ0) is 19.5. The Hall–Kier alpha value is -0.770. The first-order valence-corrected chi connectivity index (χ1v) is 10.8. The first kappa shape index (κ1) is 25.3. The van der Waals surface area contributed by atoms with E-state index in [0.717, 1.165) is 44.5 Å². The summed E-state index contributed by atoms with van der Waals surface area (Å²) in [6, 6.07) is 0. The molecular formula is C20H40IN5O2. The van der Waals surface area contributed by atoms with E-state index in [0.29, 0.717) is 19.7 Å². The summed E-state index contributed by atoms with van der Waals surface area (Å²) in [6.45, 7) is 15.2. The number of amides is 1. The first-order chi connectivity index (χ1) is 13.1. The summed E-state index contributed by atoms with van der Waals surface area (Å²) < 4.78 is 5.09. The fourth-order valence-electron chi connectivity index (χ4n) is 3.86. The van der Waals surface area contributed by atoms with Gasteiger partial charge in [0.1, 0.15) is 0 Å². The van der Waals surface area contributed by atoms with Gasteiger partial charge in [-0.3, -0.25) is 4.99 Å². The van der Waals surface area contributed by atoms with Crippen molar-refractivity contribution in [1.29, 1.82) is 0 Å². The van der Waals surface area contributed by atoms with Crippen molar-refractivity contribution >= 4 is 36.0 Å². The monoisotopic (exact) mass is 509 g/mol. The van der Waals surface area contributed by atoms with E-state index in [4.69, 9.17) is 9.73 Å². The van der Waals surface area contributed by atoms with Crippen molar-refractivity contribution in [3.8, 4) is 0 Å². The van der Waals surface area contributed by atoms with Crippen LogP contribution in [-0.2, 0) is 4.74 Å². The van der Waals surface area contributed by atoms with Gasteiger partial charge in [0.25, 0.3) is 0 Å². The highest BCUT2D eigenvalue weighted by Gasteiger charge is 2.23. The van der Waals surface area contributed by atoms with E-state index in [1.165, 1.54) is 38.9 Å². The van der Waals surface area contributed by atoms with Crippen molar-refractivity contribution in [1.82, 2.24) is 20.0 Å². The highest BCUT2D eigenvalue weighted by Crippen LogP contribution is 2.15. The molecule has 2 fully saturated rings. The minimum absolute atomic E-state index is 0. The maximum Gasteiger partial charge on any atom is 0.409 e. The smallest absolute Gasteiger partial charge is 0.409 e. The van der Waals surface area contributed by atoms with Crippen LogP contribution in [0.15, 0.2) is 4.99 Å². The number of guanidine groups is 1. The first-order valence-electron chi connectivity index (χ1n) is 10.8. The van der Waals surface area contributed by atoms with Crippen LogP contribution in [0.2, 0.25) is 0 Å². The summed E-state index contributed by atoms with van der Waals surface area (Å²) in [5, 5.41) is 3.40. The number of likely N-dealkylation sites (tertiary alicyclic amines) is 1. The third-order valence-electron chi connectivity index (χ3n) is 5.33.